The van der Waals surface area contributed by atoms with Crippen molar-refractivity contribution in [3.05, 3.63) is 23.5 Å². The molecule has 0 N–H and O–H groups in total. The molecule has 4 nitrogen and oxygen atoms in total. The molecule has 0 saturated heterocycles. The molecule has 0 aliphatic heterocycles. The summed E-state index contributed by atoms with van der Waals surface area (Å²) in [6, 6.07) is 3.03. The number of hydrogen-bond donors (Lipinski definition) is 0. The molecule has 0 amide bonds. The van der Waals surface area contributed by atoms with E-state index in [-0.39, 0.29) is 4.90 Å². The Hall–Kier alpha value is -0.650. The van der Waals surface area contributed by atoms with Crippen molar-refractivity contribution in [2.24, 2.45) is 17.8 Å². The zero-order valence-corrected chi connectivity index (χ0v) is 13.1. The molecular formula is C14H19ClN2O2S. The molecule has 0 spiro atoms. The molecule has 2 fully saturated rings. The number of pyridine rings is 1. The van der Waals surface area contributed by atoms with Gasteiger partial charge >= 0.3 is 0 Å². The highest BCUT2D eigenvalue weighted by molar-refractivity contribution is 7.89. The minimum atomic E-state index is -3.45. The maximum atomic E-state index is 12.5. The van der Waals surface area contributed by atoms with E-state index in [1.807, 2.05) is 0 Å². The van der Waals surface area contributed by atoms with Gasteiger partial charge in [-0.25, -0.2) is 17.7 Å². The highest BCUT2D eigenvalue weighted by Gasteiger charge is 2.40. The smallest absolute Gasteiger partial charge is 0.243 e. The molecule has 6 heteroatoms. The fraction of sp³-hybridized carbons (Fsp3) is 0.643. The Bertz CT molecular complexity index is 588. The zero-order valence-electron chi connectivity index (χ0n) is 11.5. The monoisotopic (exact) mass is 314 g/mol. The molecule has 3 rings (SSSR count). The summed E-state index contributed by atoms with van der Waals surface area (Å²) in [6.07, 6.45) is 6.41. The van der Waals surface area contributed by atoms with Gasteiger partial charge in [0.1, 0.15) is 10.0 Å². The third-order valence-electron chi connectivity index (χ3n) is 4.78. The minimum Gasteiger partial charge on any atom is -0.243 e. The lowest BCUT2D eigenvalue weighted by molar-refractivity contribution is 0.280. The van der Waals surface area contributed by atoms with Crippen molar-refractivity contribution in [3.63, 3.8) is 0 Å². The van der Waals surface area contributed by atoms with E-state index in [0.29, 0.717) is 17.6 Å². The van der Waals surface area contributed by atoms with Crippen molar-refractivity contribution in [3.8, 4) is 0 Å². The summed E-state index contributed by atoms with van der Waals surface area (Å²) >= 11 is 5.70. The summed E-state index contributed by atoms with van der Waals surface area (Å²) in [6.45, 7) is 0.617. The summed E-state index contributed by atoms with van der Waals surface area (Å²) < 4.78 is 26.4. The van der Waals surface area contributed by atoms with E-state index in [9.17, 15) is 8.42 Å². The molecule has 3 unspecified atom stereocenters. The standard InChI is InChI=1S/C14H19ClN2O2S/c1-17(9-12-7-10-2-3-11(12)6-10)20(18,19)13-4-5-14(15)16-8-13/h4-5,8,10-12H,2-3,6-7,9H2,1H3. The van der Waals surface area contributed by atoms with Crippen LogP contribution in [0, 0.1) is 17.8 Å². The molecule has 0 radical (unpaired) electrons. The van der Waals surface area contributed by atoms with Crippen molar-refractivity contribution in [2.45, 2.75) is 30.6 Å². The second-order valence-electron chi connectivity index (χ2n) is 6.04. The van der Waals surface area contributed by atoms with E-state index in [0.717, 1.165) is 11.8 Å². The highest BCUT2D eigenvalue weighted by Crippen LogP contribution is 2.48. The van der Waals surface area contributed by atoms with Crippen molar-refractivity contribution in [1.29, 1.82) is 0 Å². The third kappa shape index (κ3) is 2.59. The number of sulfonamides is 1. The van der Waals surface area contributed by atoms with E-state index in [1.54, 1.807) is 7.05 Å². The molecule has 2 aliphatic carbocycles. The zero-order chi connectivity index (χ0) is 14.3. The Balaban J connectivity index is 1.72. The Morgan fingerprint density at radius 1 is 1.35 bits per heavy atom. The van der Waals surface area contributed by atoms with Crippen LogP contribution in [0.4, 0.5) is 0 Å². The average Bonchev–Trinajstić information content (AvgIpc) is 3.01. The van der Waals surface area contributed by atoms with Gasteiger partial charge in [-0.1, -0.05) is 18.0 Å². The van der Waals surface area contributed by atoms with E-state index in [4.69, 9.17) is 11.6 Å². The topological polar surface area (TPSA) is 50.3 Å². The van der Waals surface area contributed by atoms with Gasteiger partial charge in [0.15, 0.2) is 0 Å². The van der Waals surface area contributed by atoms with Crippen LogP contribution in [0.25, 0.3) is 0 Å². The number of halogens is 1. The van der Waals surface area contributed by atoms with E-state index in [1.165, 1.54) is 48.3 Å². The molecule has 2 saturated carbocycles. The van der Waals surface area contributed by atoms with Gasteiger partial charge in [-0.3, -0.25) is 0 Å². The van der Waals surface area contributed by atoms with Gasteiger partial charge in [0.05, 0.1) is 0 Å². The Morgan fingerprint density at radius 2 is 2.15 bits per heavy atom. The average molecular weight is 315 g/mol. The van der Waals surface area contributed by atoms with Crippen molar-refractivity contribution >= 4 is 21.6 Å². The first-order chi connectivity index (χ1) is 9.46. The molecule has 20 heavy (non-hydrogen) atoms. The maximum Gasteiger partial charge on any atom is 0.244 e. The molecule has 2 bridgehead atoms. The Kier molecular flexibility index (Phi) is 3.77. The molecule has 3 atom stereocenters. The number of fused-ring (bicyclic) bond motifs is 2. The molecule has 1 heterocycles. The predicted molar refractivity (Wildman–Crippen MR) is 78.0 cm³/mol. The van der Waals surface area contributed by atoms with Gasteiger partial charge in [-0.15, -0.1) is 0 Å². The van der Waals surface area contributed by atoms with Gasteiger partial charge < -0.3 is 0 Å². The lowest BCUT2D eigenvalue weighted by atomic mass is 9.89. The SMILES string of the molecule is CN(CC1CC2CCC1C2)S(=O)(=O)c1ccc(Cl)nc1. The summed E-state index contributed by atoms with van der Waals surface area (Å²) in [5, 5.41) is 0.305. The number of hydrogen-bond acceptors (Lipinski definition) is 3. The minimum absolute atomic E-state index is 0.215. The molecular weight excluding hydrogens is 296 g/mol. The second-order valence-corrected chi connectivity index (χ2v) is 8.47. The Labute approximate surface area is 125 Å². The molecule has 1 aromatic rings. The quantitative estimate of drug-likeness (QED) is 0.803. The summed E-state index contributed by atoms with van der Waals surface area (Å²) in [7, 11) is -1.79. The summed E-state index contributed by atoms with van der Waals surface area (Å²) in [4.78, 5) is 4.07. The third-order valence-corrected chi connectivity index (χ3v) is 6.82. The van der Waals surface area contributed by atoms with Gasteiger partial charge in [-0.2, -0.15) is 0 Å². The molecule has 1 aromatic heterocycles. The Morgan fingerprint density at radius 3 is 2.70 bits per heavy atom. The number of rotatable bonds is 4. The number of aromatic nitrogens is 1. The fourth-order valence-electron chi connectivity index (χ4n) is 3.72. The second kappa shape index (κ2) is 5.28. The lowest BCUT2D eigenvalue weighted by Crippen LogP contribution is -2.33. The first-order valence-corrected chi connectivity index (χ1v) is 8.86. The molecule has 110 valence electrons. The van der Waals surface area contributed by atoms with Gasteiger partial charge in [-0.05, 0) is 49.1 Å². The van der Waals surface area contributed by atoms with Gasteiger partial charge in [0.25, 0.3) is 0 Å². The first kappa shape index (κ1) is 14.3. The van der Waals surface area contributed by atoms with E-state index >= 15 is 0 Å². The van der Waals surface area contributed by atoms with Crippen LogP contribution in [-0.4, -0.2) is 31.3 Å². The van der Waals surface area contributed by atoms with Crippen LogP contribution in [0.2, 0.25) is 5.15 Å². The fourth-order valence-corrected chi connectivity index (χ4v) is 5.01. The van der Waals surface area contributed by atoms with Crippen molar-refractivity contribution in [2.75, 3.05) is 13.6 Å². The van der Waals surface area contributed by atoms with Crippen LogP contribution in [0.5, 0.6) is 0 Å². The van der Waals surface area contributed by atoms with Crippen LogP contribution in [-0.2, 0) is 10.0 Å². The lowest BCUT2D eigenvalue weighted by Gasteiger charge is -2.26. The largest absolute Gasteiger partial charge is 0.244 e. The predicted octanol–water partition coefficient (Wildman–Crippen LogP) is 2.79. The van der Waals surface area contributed by atoms with Crippen LogP contribution in [0.3, 0.4) is 0 Å². The van der Waals surface area contributed by atoms with Crippen LogP contribution >= 0.6 is 11.6 Å². The number of nitrogens with zero attached hydrogens (tertiary/aromatic N) is 2. The maximum absolute atomic E-state index is 12.5. The first-order valence-electron chi connectivity index (χ1n) is 7.04. The molecule has 0 aromatic carbocycles. The molecule has 2 aliphatic rings. The summed E-state index contributed by atoms with van der Waals surface area (Å²) in [5.74, 6) is 2.08. The van der Waals surface area contributed by atoms with E-state index in [2.05, 4.69) is 4.98 Å². The van der Waals surface area contributed by atoms with Gasteiger partial charge in [0.2, 0.25) is 10.0 Å². The normalized spacial score (nSPS) is 29.2. The van der Waals surface area contributed by atoms with Crippen molar-refractivity contribution < 1.29 is 8.42 Å². The van der Waals surface area contributed by atoms with Crippen molar-refractivity contribution in [1.82, 2.24) is 9.29 Å². The highest BCUT2D eigenvalue weighted by atomic mass is 35.5. The van der Waals surface area contributed by atoms with Crippen LogP contribution in [0.15, 0.2) is 23.2 Å². The summed E-state index contributed by atoms with van der Waals surface area (Å²) in [5.41, 5.74) is 0. The van der Waals surface area contributed by atoms with Gasteiger partial charge in [0, 0.05) is 19.8 Å². The van der Waals surface area contributed by atoms with E-state index < -0.39 is 10.0 Å². The van der Waals surface area contributed by atoms with Crippen LogP contribution < -0.4 is 0 Å². The van der Waals surface area contributed by atoms with Crippen LogP contribution in [0.1, 0.15) is 25.7 Å².